The Morgan fingerprint density at radius 1 is 1.29 bits per heavy atom. The molecule has 2 amide bonds. The third-order valence-corrected chi connectivity index (χ3v) is 4.65. The molecule has 0 saturated carbocycles. The van der Waals surface area contributed by atoms with Crippen molar-refractivity contribution in [2.75, 3.05) is 11.9 Å². The van der Waals surface area contributed by atoms with Crippen molar-refractivity contribution in [2.24, 2.45) is 0 Å². The number of anilines is 1. The molecule has 0 spiro atoms. The van der Waals surface area contributed by atoms with Crippen LogP contribution in [0.5, 0.6) is 5.75 Å². The van der Waals surface area contributed by atoms with Crippen LogP contribution in [0.2, 0.25) is 0 Å². The van der Waals surface area contributed by atoms with E-state index in [0.29, 0.717) is 18.0 Å². The van der Waals surface area contributed by atoms with E-state index in [0.717, 1.165) is 10.0 Å². The molecule has 2 N–H and O–H groups in total. The SMILES string of the molecule is O=C(N[C@H]1COc2ccc(Br)cc2NC1=O)c1ncn(Cc2ccccc2)n1. The number of hydrogen-bond acceptors (Lipinski definition) is 5. The molecule has 2 heterocycles. The van der Waals surface area contributed by atoms with Crippen LogP contribution in [0.3, 0.4) is 0 Å². The van der Waals surface area contributed by atoms with Gasteiger partial charge in [0.25, 0.3) is 11.8 Å². The predicted molar refractivity (Wildman–Crippen MR) is 105 cm³/mol. The van der Waals surface area contributed by atoms with Crippen molar-refractivity contribution in [3.05, 3.63) is 70.7 Å². The molecule has 9 heteroatoms. The largest absolute Gasteiger partial charge is 0.489 e. The molecule has 0 radical (unpaired) electrons. The van der Waals surface area contributed by atoms with Gasteiger partial charge < -0.3 is 15.4 Å². The topological polar surface area (TPSA) is 98.1 Å². The fourth-order valence-electron chi connectivity index (χ4n) is 2.77. The van der Waals surface area contributed by atoms with E-state index in [4.69, 9.17) is 4.74 Å². The molecule has 8 nitrogen and oxygen atoms in total. The number of nitrogens with one attached hydrogen (secondary N) is 2. The lowest BCUT2D eigenvalue weighted by molar-refractivity contribution is -0.118. The number of amides is 2. The van der Waals surface area contributed by atoms with Gasteiger partial charge in [0.1, 0.15) is 24.7 Å². The second-order valence-electron chi connectivity index (χ2n) is 6.22. The van der Waals surface area contributed by atoms with Crippen LogP contribution in [0.15, 0.2) is 59.3 Å². The molecule has 1 aliphatic rings. The zero-order chi connectivity index (χ0) is 19.5. The van der Waals surface area contributed by atoms with E-state index in [-0.39, 0.29) is 18.3 Å². The third-order valence-electron chi connectivity index (χ3n) is 4.15. The summed E-state index contributed by atoms with van der Waals surface area (Å²) in [6, 6.07) is 14.2. The summed E-state index contributed by atoms with van der Waals surface area (Å²) in [6.07, 6.45) is 1.49. The summed E-state index contributed by atoms with van der Waals surface area (Å²) in [6.45, 7) is 0.509. The molecule has 0 saturated heterocycles. The zero-order valence-corrected chi connectivity index (χ0v) is 16.2. The van der Waals surface area contributed by atoms with Crippen LogP contribution in [0.4, 0.5) is 5.69 Å². The number of fused-ring (bicyclic) bond motifs is 1. The van der Waals surface area contributed by atoms with E-state index < -0.39 is 11.9 Å². The first-order valence-corrected chi connectivity index (χ1v) is 9.35. The maximum Gasteiger partial charge on any atom is 0.291 e. The first kappa shape index (κ1) is 18.2. The van der Waals surface area contributed by atoms with Crippen molar-refractivity contribution in [1.29, 1.82) is 0 Å². The van der Waals surface area contributed by atoms with Crippen LogP contribution in [0, 0.1) is 0 Å². The Morgan fingerprint density at radius 3 is 2.93 bits per heavy atom. The van der Waals surface area contributed by atoms with Crippen molar-refractivity contribution in [1.82, 2.24) is 20.1 Å². The van der Waals surface area contributed by atoms with Gasteiger partial charge >= 0.3 is 0 Å². The van der Waals surface area contributed by atoms with Crippen LogP contribution in [-0.2, 0) is 11.3 Å². The van der Waals surface area contributed by atoms with Gasteiger partial charge in [-0.2, -0.15) is 0 Å². The number of carbonyl (C=O) groups is 2. The highest BCUT2D eigenvalue weighted by atomic mass is 79.9. The minimum absolute atomic E-state index is 0.00626. The molecule has 1 atom stereocenters. The number of ether oxygens (including phenoxy) is 1. The van der Waals surface area contributed by atoms with Gasteiger partial charge in [-0.1, -0.05) is 46.3 Å². The number of hydrogen-bond donors (Lipinski definition) is 2. The number of aromatic nitrogens is 3. The summed E-state index contributed by atoms with van der Waals surface area (Å²) in [5.41, 5.74) is 1.58. The third kappa shape index (κ3) is 4.04. The van der Waals surface area contributed by atoms with E-state index in [2.05, 4.69) is 36.6 Å². The Balaban J connectivity index is 1.42. The zero-order valence-electron chi connectivity index (χ0n) is 14.6. The summed E-state index contributed by atoms with van der Waals surface area (Å²) in [5.74, 6) is -0.372. The highest BCUT2D eigenvalue weighted by molar-refractivity contribution is 9.10. The Morgan fingerprint density at radius 2 is 2.11 bits per heavy atom. The lowest BCUT2D eigenvalue weighted by Crippen LogP contribution is -2.46. The molecule has 0 fully saturated rings. The Labute approximate surface area is 169 Å². The van der Waals surface area contributed by atoms with Gasteiger partial charge in [0, 0.05) is 4.47 Å². The Hall–Kier alpha value is -3.20. The Kier molecular flexibility index (Phi) is 5.07. The van der Waals surface area contributed by atoms with Gasteiger partial charge in [0.05, 0.1) is 12.2 Å². The molecular formula is C19H16BrN5O3. The molecular weight excluding hydrogens is 426 g/mol. The maximum absolute atomic E-state index is 12.5. The van der Waals surface area contributed by atoms with Crippen LogP contribution in [0.25, 0.3) is 0 Å². The molecule has 1 aliphatic heterocycles. The van der Waals surface area contributed by atoms with Crippen LogP contribution in [-0.4, -0.2) is 39.2 Å². The quantitative estimate of drug-likeness (QED) is 0.646. The summed E-state index contributed by atoms with van der Waals surface area (Å²) in [7, 11) is 0. The van der Waals surface area contributed by atoms with Crippen LogP contribution in [0.1, 0.15) is 16.2 Å². The summed E-state index contributed by atoms with van der Waals surface area (Å²) in [5, 5.41) is 9.56. The van der Waals surface area contributed by atoms with Crippen molar-refractivity contribution < 1.29 is 14.3 Å². The molecule has 2 aromatic carbocycles. The minimum Gasteiger partial charge on any atom is -0.489 e. The summed E-state index contributed by atoms with van der Waals surface area (Å²) < 4.78 is 8.02. The van der Waals surface area contributed by atoms with Crippen molar-refractivity contribution in [3.63, 3.8) is 0 Å². The van der Waals surface area contributed by atoms with Gasteiger partial charge in [-0.05, 0) is 23.8 Å². The van der Waals surface area contributed by atoms with Crippen molar-refractivity contribution in [2.45, 2.75) is 12.6 Å². The smallest absolute Gasteiger partial charge is 0.291 e. The molecule has 0 bridgehead atoms. The van der Waals surface area contributed by atoms with E-state index >= 15 is 0 Å². The summed E-state index contributed by atoms with van der Waals surface area (Å²) in [4.78, 5) is 28.9. The molecule has 0 aliphatic carbocycles. The van der Waals surface area contributed by atoms with Gasteiger partial charge in [-0.25, -0.2) is 9.67 Å². The highest BCUT2D eigenvalue weighted by Gasteiger charge is 2.27. The van der Waals surface area contributed by atoms with Gasteiger partial charge in [0.2, 0.25) is 5.82 Å². The van der Waals surface area contributed by atoms with Gasteiger partial charge in [-0.15, -0.1) is 5.10 Å². The molecule has 142 valence electrons. The number of rotatable bonds is 4. The average Bonchev–Trinajstić information content (AvgIpc) is 3.09. The van der Waals surface area contributed by atoms with E-state index in [1.165, 1.54) is 6.33 Å². The first-order chi connectivity index (χ1) is 13.6. The molecule has 1 aromatic heterocycles. The fourth-order valence-corrected chi connectivity index (χ4v) is 3.13. The highest BCUT2D eigenvalue weighted by Crippen LogP contribution is 2.30. The standard InChI is InChI=1S/C19H16BrN5O3/c20-13-6-7-16-14(8-13)22-18(26)15(10-28-16)23-19(27)17-21-11-25(24-17)9-12-4-2-1-3-5-12/h1-8,11,15H,9-10H2,(H,22,26)(H,23,27)/t15-/m0/s1. The number of halogens is 1. The Bertz CT molecular complexity index is 1020. The number of benzene rings is 2. The predicted octanol–water partition coefficient (Wildman–Crippen LogP) is 2.22. The van der Waals surface area contributed by atoms with Gasteiger partial charge in [-0.3, -0.25) is 9.59 Å². The van der Waals surface area contributed by atoms with E-state index in [1.54, 1.807) is 16.8 Å². The summed E-state index contributed by atoms with van der Waals surface area (Å²) >= 11 is 3.35. The van der Waals surface area contributed by atoms with Crippen molar-refractivity contribution in [3.8, 4) is 5.75 Å². The molecule has 4 rings (SSSR count). The van der Waals surface area contributed by atoms with Crippen molar-refractivity contribution >= 4 is 33.4 Å². The van der Waals surface area contributed by atoms with Gasteiger partial charge in [0.15, 0.2) is 0 Å². The molecule has 0 unspecified atom stereocenters. The normalized spacial score (nSPS) is 15.8. The minimum atomic E-state index is -0.861. The van der Waals surface area contributed by atoms with Crippen LogP contribution < -0.4 is 15.4 Å². The van der Waals surface area contributed by atoms with E-state index in [9.17, 15) is 9.59 Å². The maximum atomic E-state index is 12.5. The average molecular weight is 442 g/mol. The second-order valence-corrected chi connectivity index (χ2v) is 7.13. The fraction of sp³-hybridized carbons (Fsp3) is 0.158. The lowest BCUT2D eigenvalue weighted by Gasteiger charge is -2.13. The monoisotopic (exact) mass is 441 g/mol. The number of carbonyl (C=O) groups excluding carboxylic acids is 2. The lowest BCUT2D eigenvalue weighted by atomic mass is 10.2. The van der Waals surface area contributed by atoms with E-state index in [1.807, 2.05) is 36.4 Å². The molecule has 28 heavy (non-hydrogen) atoms. The second kappa shape index (κ2) is 7.81. The number of nitrogens with zero attached hydrogens (tertiary/aromatic N) is 3. The first-order valence-electron chi connectivity index (χ1n) is 8.56. The van der Waals surface area contributed by atoms with Crippen LogP contribution >= 0.6 is 15.9 Å². The molecule has 3 aromatic rings.